The number of phosphoric acid groups is 1. The predicted octanol–water partition coefficient (Wildman–Crippen LogP) is 3.70. The highest BCUT2D eigenvalue weighted by atomic mass is 32.2. The van der Waals surface area contributed by atoms with Crippen molar-refractivity contribution in [2.75, 3.05) is 39.1 Å². The summed E-state index contributed by atoms with van der Waals surface area (Å²) in [5.41, 5.74) is 5.64. The van der Waals surface area contributed by atoms with Crippen molar-refractivity contribution < 1.29 is 55.8 Å². The molecular weight excluding hydrogens is 811 g/mol. The summed E-state index contributed by atoms with van der Waals surface area (Å²) in [5, 5.41) is 0. The fourth-order valence-electron chi connectivity index (χ4n) is 5.72. The van der Waals surface area contributed by atoms with Crippen molar-refractivity contribution >= 4 is 42.5 Å². The summed E-state index contributed by atoms with van der Waals surface area (Å²) in [7, 11) is -2.50. The van der Waals surface area contributed by atoms with Crippen LogP contribution in [0.3, 0.4) is 0 Å². The van der Waals surface area contributed by atoms with Crippen LogP contribution in [0.25, 0.3) is 11.2 Å². The molecule has 1 aliphatic heterocycles. The van der Waals surface area contributed by atoms with E-state index in [1.807, 2.05) is 4.98 Å². The Morgan fingerprint density at radius 2 is 1.84 bits per heavy atom. The maximum Gasteiger partial charge on any atom is 0.474 e. The number of hydrogen-bond donors (Lipinski definition) is 3. The lowest BCUT2D eigenvalue weighted by molar-refractivity contribution is -0.0890. The molecule has 19 nitrogen and oxygen atoms in total. The molecule has 4 heterocycles. The first-order valence-electron chi connectivity index (χ1n) is 17.3. The number of esters is 1. The fraction of sp³-hybridized carbons (Fsp3) is 0.371. The number of rotatable bonds is 19. The molecule has 1 saturated heterocycles. The summed E-state index contributed by atoms with van der Waals surface area (Å²) in [5.74, 6) is 0.950. The largest absolute Gasteiger partial charge is 0.497 e. The minimum atomic E-state index is -5.23. The number of hydrogen-bond acceptors (Lipinski definition) is 16. The zero-order valence-corrected chi connectivity index (χ0v) is 32.5. The van der Waals surface area contributed by atoms with Gasteiger partial charge >= 0.3 is 19.5 Å². The number of carbonyl (C=O) groups excluding carboxylic acids is 1. The van der Waals surface area contributed by atoms with Gasteiger partial charge in [0.25, 0.3) is 5.56 Å². The molecule has 5 aromatic rings. The van der Waals surface area contributed by atoms with Gasteiger partial charge in [0, 0.05) is 31.5 Å². The van der Waals surface area contributed by atoms with Gasteiger partial charge in [0.15, 0.2) is 23.9 Å². The fourth-order valence-corrected chi connectivity index (χ4v) is 7.33. The van der Waals surface area contributed by atoms with E-state index in [0.29, 0.717) is 22.8 Å². The summed E-state index contributed by atoms with van der Waals surface area (Å²) in [6, 6.07) is 14.4. The maximum atomic E-state index is 16.5. The average molecular weight is 850 g/mol. The number of nitrogens with two attached hydrogens (primary N) is 1. The molecule has 0 saturated carbocycles. The van der Waals surface area contributed by atoms with Crippen LogP contribution in [0, 0.1) is 0 Å². The van der Waals surface area contributed by atoms with Crippen LogP contribution in [0.2, 0.25) is 0 Å². The van der Waals surface area contributed by atoms with Gasteiger partial charge in [-0.2, -0.15) is 0 Å². The van der Waals surface area contributed by atoms with Gasteiger partial charge in [0.1, 0.15) is 48.0 Å². The van der Waals surface area contributed by atoms with E-state index in [1.165, 1.54) is 26.0 Å². The average Bonchev–Trinajstić information content (AvgIpc) is 3.82. The molecule has 1 unspecified atom stereocenters. The standard InChI is InChI=1S/C35H38F2N7O12PS/c1-50-22-9-5-21(6-10-22)34(46)54-23-7-3-20(4-8-23)16-58-19-52-14-26(51-2)29(37)33(44-18-41-30-31(38)39-17-40-32(30)44)56-57(48,49)53-15-25-24(36)13-28(55-25)43-12-11-27(45)42-35(43)47/h3-12,17-18,24-26,28-29,33H,13-16,19H2,1-2H3,(H,48,49)(H2,38,39,40)(H,42,45,47)/t24-,25+,26+,28+,29+,33+/m0/s1. The summed E-state index contributed by atoms with van der Waals surface area (Å²) >= 11 is 1.35. The third kappa shape index (κ3) is 10.5. The second-order valence-corrected chi connectivity index (χ2v) is 14.9. The molecule has 1 fully saturated rings. The number of thioether (sulfide) groups is 1. The van der Waals surface area contributed by atoms with Crippen molar-refractivity contribution in [1.82, 2.24) is 29.1 Å². The molecule has 6 rings (SSSR count). The van der Waals surface area contributed by atoms with Crippen LogP contribution in [0.5, 0.6) is 11.5 Å². The number of halogens is 2. The van der Waals surface area contributed by atoms with Crippen molar-refractivity contribution in [1.29, 1.82) is 0 Å². The minimum Gasteiger partial charge on any atom is -0.497 e. The number of carbonyl (C=O) groups is 1. The number of aromatic amines is 1. The monoisotopic (exact) mass is 849 g/mol. The number of benzene rings is 2. The topological polar surface area (TPSA) is 243 Å². The number of imidazole rings is 1. The number of nitrogens with zero attached hydrogens (tertiary/aromatic N) is 5. The summed E-state index contributed by atoms with van der Waals surface area (Å²) < 4.78 is 84.2. The zero-order valence-electron chi connectivity index (χ0n) is 30.8. The number of nitrogens with one attached hydrogen (secondary N) is 1. The van der Waals surface area contributed by atoms with E-state index in [-0.39, 0.29) is 35.9 Å². The third-order valence-corrected chi connectivity index (χ3v) is 10.6. The van der Waals surface area contributed by atoms with Crippen LogP contribution >= 0.6 is 19.6 Å². The lowest BCUT2D eigenvalue weighted by Gasteiger charge is -2.29. The molecule has 2 aromatic carbocycles. The highest BCUT2D eigenvalue weighted by molar-refractivity contribution is 7.98. The van der Waals surface area contributed by atoms with E-state index in [4.69, 9.17) is 38.5 Å². The number of fused-ring (bicyclic) bond motifs is 1. The number of alkyl halides is 2. The van der Waals surface area contributed by atoms with Crippen LogP contribution < -0.4 is 26.5 Å². The van der Waals surface area contributed by atoms with E-state index >= 15 is 4.39 Å². The van der Waals surface area contributed by atoms with E-state index < -0.39 is 68.7 Å². The van der Waals surface area contributed by atoms with Crippen molar-refractivity contribution in [3.63, 3.8) is 0 Å². The second kappa shape index (κ2) is 19.1. The second-order valence-electron chi connectivity index (χ2n) is 12.6. The molecular formula is C35H38F2N7O12PS. The normalized spacial score (nSPS) is 19.4. The van der Waals surface area contributed by atoms with E-state index in [1.54, 1.807) is 48.5 Å². The Morgan fingerprint density at radius 3 is 2.55 bits per heavy atom. The molecule has 23 heteroatoms. The van der Waals surface area contributed by atoms with Gasteiger partial charge in [-0.25, -0.2) is 37.9 Å². The number of phosphoric ester groups is 1. The number of H-pyrrole nitrogens is 1. The first-order valence-corrected chi connectivity index (χ1v) is 20.0. The van der Waals surface area contributed by atoms with Gasteiger partial charge in [-0.05, 0) is 42.0 Å². The van der Waals surface area contributed by atoms with Crippen LogP contribution in [-0.4, -0.2) is 97.9 Å². The van der Waals surface area contributed by atoms with Gasteiger partial charge in [0.05, 0.1) is 38.2 Å². The van der Waals surface area contributed by atoms with Crippen LogP contribution in [-0.2, 0) is 33.6 Å². The molecule has 0 amide bonds. The molecule has 3 aromatic heterocycles. The highest BCUT2D eigenvalue weighted by Crippen LogP contribution is 2.49. The Bertz CT molecular complexity index is 2340. The van der Waals surface area contributed by atoms with Gasteiger partial charge in [0.2, 0.25) is 0 Å². The Morgan fingerprint density at radius 1 is 1.10 bits per heavy atom. The van der Waals surface area contributed by atoms with Crippen molar-refractivity contribution in [3.8, 4) is 11.5 Å². The van der Waals surface area contributed by atoms with Gasteiger partial charge in [-0.3, -0.25) is 28.0 Å². The summed E-state index contributed by atoms with van der Waals surface area (Å²) in [6.07, 6.45) is -6.99. The van der Waals surface area contributed by atoms with Crippen molar-refractivity contribution in [2.24, 2.45) is 0 Å². The Hall–Kier alpha value is -5.06. The smallest absolute Gasteiger partial charge is 0.474 e. The number of methoxy groups -OCH3 is 2. The molecule has 4 N–H and O–H groups in total. The molecule has 1 aliphatic rings. The van der Waals surface area contributed by atoms with Crippen LogP contribution in [0.1, 0.15) is 34.8 Å². The van der Waals surface area contributed by atoms with E-state index in [2.05, 4.69) is 15.0 Å². The van der Waals surface area contributed by atoms with E-state index in [0.717, 1.165) is 39.6 Å². The lowest BCUT2D eigenvalue weighted by Crippen LogP contribution is -2.37. The molecule has 58 heavy (non-hydrogen) atoms. The number of anilines is 1. The van der Waals surface area contributed by atoms with Crippen molar-refractivity contribution in [3.05, 3.63) is 105 Å². The molecule has 0 aliphatic carbocycles. The number of nitrogen functional groups attached to an aromatic ring is 1. The SMILES string of the molecule is COc1ccc(C(=O)Oc2ccc(CSCOC[C@@H](OC)[C@@H](F)[C@@H](OP(=O)(O)OC[C@H]3O[C@@H](n4ccc(=O)[nH]c4=O)C[C@@H]3F)n3cnc4c(N)ncnc43)cc2)cc1. The summed E-state index contributed by atoms with van der Waals surface area (Å²) in [4.78, 5) is 60.9. The summed E-state index contributed by atoms with van der Waals surface area (Å²) in [6.45, 7) is -1.17. The first kappa shape index (κ1) is 42.5. The predicted molar refractivity (Wildman–Crippen MR) is 203 cm³/mol. The molecule has 310 valence electrons. The molecule has 0 bridgehead atoms. The minimum absolute atomic E-state index is 0.0465. The van der Waals surface area contributed by atoms with Crippen LogP contribution in [0.15, 0.2) is 83.0 Å². The quantitative estimate of drug-likeness (QED) is 0.0353. The number of aromatic nitrogens is 6. The Labute approximate surface area is 332 Å². The Kier molecular flexibility index (Phi) is 14.0. The van der Waals surface area contributed by atoms with Crippen molar-refractivity contribution in [2.45, 2.75) is 49.2 Å². The Balaban J connectivity index is 1.05. The third-order valence-electron chi connectivity index (χ3n) is 8.74. The van der Waals surface area contributed by atoms with Gasteiger partial charge in [-0.1, -0.05) is 12.1 Å². The lowest BCUT2D eigenvalue weighted by atomic mass is 10.2. The number of ether oxygens (including phenoxy) is 5. The van der Waals surface area contributed by atoms with E-state index in [9.17, 15) is 28.2 Å². The molecule has 7 atom stereocenters. The molecule has 0 radical (unpaired) electrons. The maximum absolute atomic E-state index is 16.5. The van der Waals surface area contributed by atoms with Gasteiger partial charge in [-0.15, -0.1) is 11.8 Å². The van der Waals surface area contributed by atoms with Gasteiger partial charge < -0.3 is 34.3 Å². The first-order chi connectivity index (χ1) is 27.8. The van der Waals surface area contributed by atoms with Crippen LogP contribution in [0.4, 0.5) is 14.6 Å². The zero-order chi connectivity index (χ0) is 41.4. The molecule has 0 spiro atoms. The highest BCUT2D eigenvalue weighted by Gasteiger charge is 2.42.